The Labute approximate surface area is 167 Å². The van der Waals surface area contributed by atoms with Crippen LogP contribution in [-0.4, -0.2) is 21.4 Å². The van der Waals surface area contributed by atoms with Gasteiger partial charge in [-0.25, -0.2) is 9.97 Å². The van der Waals surface area contributed by atoms with Crippen LogP contribution in [0, 0.1) is 10.1 Å². The van der Waals surface area contributed by atoms with Gasteiger partial charge in [0.05, 0.1) is 4.92 Å². The predicted octanol–water partition coefficient (Wildman–Crippen LogP) is 4.21. The van der Waals surface area contributed by atoms with E-state index in [-0.39, 0.29) is 11.5 Å². The van der Waals surface area contributed by atoms with Crippen molar-refractivity contribution in [3.63, 3.8) is 0 Å². The topological polar surface area (TPSA) is 84.2 Å². The molecule has 0 amide bonds. The van der Waals surface area contributed by atoms with E-state index in [1.54, 1.807) is 12.1 Å². The highest BCUT2D eigenvalue weighted by Crippen LogP contribution is 2.34. The van der Waals surface area contributed by atoms with Crippen LogP contribution in [0.25, 0.3) is 0 Å². The summed E-state index contributed by atoms with van der Waals surface area (Å²) in [6, 6.07) is 15.4. The third-order valence-corrected chi connectivity index (χ3v) is 5.04. The molecule has 1 aromatic heterocycles. The van der Waals surface area contributed by atoms with E-state index in [2.05, 4.69) is 21.4 Å². The van der Waals surface area contributed by atoms with E-state index in [1.807, 2.05) is 35.2 Å². The van der Waals surface area contributed by atoms with Gasteiger partial charge in [-0.1, -0.05) is 48.0 Å². The SMILES string of the molecule is O=[N+]([O-])c1c(NCc2ccc(Cl)cc2)ncnc1N1CCc2ccccc2C1. The van der Waals surface area contributed by atoms with E-state index in [0.717, 1.165) is 17.5 Å². The molecule has 3 aromatic rings. The van der Waals surface area contributed by atoms with Crippen molar-refractivity contribution >= 4 is 28.9 Å². The molecule has 4 rings (SSSR count). The van der Waals surface area contributed by atoms with Crippen molar-refractivity contribution in [2.45, 2.75) is 19.5 Å². The van der Waals surface area contributed by atoms with Crippen LogP contribution in [0.3, 0.4) is 0 Å². The molecule has 0 fully saturated rings. The van der Waals surface area contributed by atoms with Gasteiger partial charge >= 0.3 is 5.69 Å². The third kappa shape index (κ3) is 3.75. The lowest BCUT2D eigenvalue weighted by atomic mass is 10.00. The molecule has 8 heteroatoms. The van der Waals surface area contributed by atoms with Crippen molar-refractivity contribution < 1.29 is 4.92 Å². The molecule has 0 bridgehead atoms. The van der Waals surface area contributed by atoms with Crippen LogP contribution in [0.15, 0.2) is 54.9 Å². The van der Waals surface area contributed by atoms with Gasteiger partial charge < -0.3 is 10.2 Å². The van der Waals surface area contributed by atoms with Gasteiger partial charge in [-0.05, 0) is 35.2 Å². The number of benzene rings is 2. The highest BCUT2D eigenvalue weighted by atomic mass is 35.5. The first kappa shape index (κ1) is 18.2. The normalized spacial score (nSPS) is 13.1. The fourth-order valence-electron chi connectivity index (χ4n) is 3.36. The van der Waals surface area contributed by atoms with Gasteiger partial charge in [0.2, 0.25) is 11.6 Å². The Bertz CT molecular complexity index is 1010. The van der Waals surface area contributed by atoms with Gasteiger partial charge in [0, 0.05) is 24.7 Å². The first-order chi connectivity index (χ1) is 13.6. The second kappa shape index (κ2) is 7.82. The highest BCUT2D eigenvalue weighted by molar-refractivity contribution is 6.30. The number of nitrogens with zero attached hydrogens (tertiary/aromatic N) is 4. The maximum absolute atomic E-state index is 11.8. The fourth-order valence-corrected chi connectivity index (χ4v) is 3.49. The zero-order chi connectivity index (χ0) is 19.5. The minimum Gasteiger partial charge on any atom is -0.360 e. The molecule has 0 unspecified atom stereocenters. The first-order valence-corrected chi connectivity index (χ1v) is 9.29. The molecule has 1 aliphatic rings. The van der Waals surface area contributed by atoms with Gasteiger partial charge in [0.15, 0.2) is 0 Å². The number of nitro groups is 1. The smallest absolute Gasteiger partial charge is 0.353 e. The number of fused-ring (bicyclic) bond motifs is 1. The number of nitrogens with one attached hydrogen (secondary N) is 1. The first-order valence-electron chi connectivity index (χ1n) is 8.91. The summed E-state index contributed by atoms with van der Waals surface area (Å²) in [6.45, 7) is 1.66. The maximum atomic E-state index is 11.8. The predicted molar refractivity (Wildman–Crippen MR) is 109 cm³/mol. The van der Waals surface area contributed by atoms with Crippen LogP contribution in [0.5, 0.6) is 0 Å². The van der Waals surface area contributed by atoms with Crippen molar-refractivity contribution in [2.75, 3.05) is 16.8 Å². The number of halogens is 1. The monoisotopic (exact) mass is 395 g/mol. The Morgan fingerprint density at radius 3 is 2.61 bits per heavy atom. The summed E-state index contributed by atoms with van der Waals surface area (Å²) < 4.78 is 0. The van der Waals surface area contributed by atoms with Crippen molar-refractivity contribution in [3.05, 3.63) is 86.7 Å². The Kier molecular flexibility index (Phi) is 5.08. The van der Waals surface area contributed by atoms with Crippen molar-refractivity contribution in [1.82, 2.24) is 9.97 Å². The molecule has 1 aliphatic heterocycles. The number of anilines is 2. The van der Waals surface area contributed by atoms with Gasteiger partial charge in [-0.3, -0.25) is 10.1 Å². The average molecular weight is 396 g/mol. The molecule has 0 aliphatic carbocycles. The summed E-state index contributed by atoms with van der Waals surface area (Å²) in [4.78, 5) is 21.7. The highest BCUT2D eigenvalue weighted by Gasteiger charge is 2.29. The summed E-state index contributed by atoms with van der Waals surface area (Å²) in [5, 5.41) is 15.5. The van der Waals surface area contributed by atoms with Crippen LogP contribution in [0.2, 0.25) is 5.02 Å². The largest absolute Gasteiger partial charge is 0.360 e. The summed E-state index contributed by atoms with van der Waals surface area (Å²) >= 11 is 5.90. The molecule has 0 radical (unpaired) electrons. The van der Waals surface area contributed by atoms with Crippen LogP contribution in [0.1, 0.15) is 16.7 Å². The van der Waals surface area contributed by atoms with E-state index < -0.39 is 4.92 Å². The van der Waals surface area contributed by atoms with Gasteiger partial charge in [0.1, 0.15) is 6.33 Å². The summed E-state index contributed by atoms with van der Waals surface area (Å²) in [7, 11) is 0. The lowest BCUT2D eigenvalue weighted by molar-refractivity contribution is -0.383. The number of hydrogen-bond donors (Lipinski definition) is 1. The quantitative estimate of drug-likeness (QED) is 0.514. The molecule has 2 aromatic carbocycles. The number of aromatic nitrogens is 2. The second-order valence-corrected chi connectivity index (χ2v) is 7.01. The zero-order valence-corrected chi connectivity index (χ0v) is 15.8. The van der Waals surface area contributed by atoms with Gasteiger partial charge in [-0.2, -0.15) is 0 Å². The Morgan fingerprint density at radius 1 is 1.11 bits per heavy atom. The Balaban J connectivity index is 1.61. The zero-order valence-electron chi connectivity index (χ0n) is 15.0. The molecule has 0 saturated carbocycles. The molecule has 0 spiro atoms. The Hall–Kier alpha value is -3.19. The van der Waals surface area contributed by atoms with Crippen LogP contribution in [0.4, 0.5) is 17.3 Å². The number of rotatable bonds is 5. The maximum Gasteiger partial charge on any atom is 0.353 e. The molecular weight excluding hydrogens is 378 g/mol. The molecular formula is C20H18ClN5O2. The van der Waals surface area contributed by atoms with Crippen molar-refractivity contribution in [3.8, 4) is 0 Å². The summed E-state index contributed by atoms with van der Waals surface area (Å²) in [6.07, 6.45) is 2.19. The molecule has 7 nitrogen and oxygen atoms in total. The van der Waals surface area contributed by atoms with E-state index in [4.69, 9.17) is 11.6 Å². The molecule has 2 heterocycles. The summed E-state index contributed by atoms with van der Waals surface area (Å²) in [5.74, 6) is 0.553. The molecule has 1 N–H and O–H groups in total. The van der Waals surface area contributed by atoms with Crippen molar-refractivity contribution in [2.24, 2.45) is 0 Å². The van der Waals surface area contributed by atoms with E-state index in [0.29, 0.717) is 30.5 Å². The standard InChI is InChI=1S/C20H18ClN5O2/c21-17-7-5-14(6-8-17)11-22-19-18(26(27)28)20(24-13-23-19)25-10-9-15-3-1-2-4-16(15)12-25/h1-8,13H,9-12H2,(H,22,23,24). The second-order valence-electron chi connectivity index (χ2n) is 6.57. The number of hydrogen-bond acceptors (Lipinski definition) is 6. The van der Waals surface area contributed by atoms with E-state index >= 15 is 0 Å². The molecule has 28 heavy (non-hydrogen) atoms. The Morgan fingerprint density at radius 2 is 1.86 bits per heavy atom. The fraction of sp³-hybridized carbons (Fsp3) is 0.200. The van der Waals surface area contributed by atoms with Crippen molar-refractivity contribution in [1.29, 1.82) is 0 Å². The molecule has 0 saturated heterocycles. The van der Waals surface area contributed by atoms with Crippen LogP contribution in [-0.2, 0) is 19.5 Å². The van der Waals surface area contributed by atoms with Gasteiger partial charge in [0.25, 0.3) is 0 Å². The van der Waals surface area contributed by atoms with E-state index in [1.165, 1.54) is 11.9 Å². The lowest BCUT2D eigenvalue weighted by Gasteiger charge is -2.29. The average Bonchev–Trinajstić information content (AvgIpc) is 2.72. The minimum absolute atomic E-state index is 0.101. The van der Waals surface area contributed by atoms with Crippen LogP contribution >= 0.6 is 11.6 Å². The lowest BCUT2D eigenvalue weighted by Crippen LogP contribution is -2.31. The molecule has 0 atom stereocenters. The molecule has 142 valence electrons. The minimum atomic E-state index is -0.417. The summed E-state index contributed by atoms with van der Waals surface area (Å²) in [5.41, 5.74) is 3.29. The van der Waals surface area contributed by atoms with E-state index in [9.17, 15) is 10.1 Å². The van der Waals surface area contributed by atoms with Gasteiger partial charge in [-0.15, -0.1) is 0 Å². The third-order valence-electron chi connectivity index (χ3n) is 4.79. The van der Waals surface area contributed by atoms with Crippen LogP contribution < -0.4 is 10.2 Å².